The van der Waals surface area contributed by atoms with Crippen LogP contribution in [0.1, 0.15) is 19.4 Å². The van der Waals surface area contributed by atoms with Crippen LogP contribution in [0.2, 0.25) is 0 Å². The highest BCUT2D eigenvalue weighted by atomic mass is 16.5. The molecule has 0 aliphatic carbocycles. The van der Waals surface area contributed by atoms with Crippen molar-refractivity contribution in [2.45, 2.75) is 20.3 Å². The van der Waals surface area contributed by atoms with Gasteiger partial charge in [-0.25, -0.2) is 0 Å². The lowest BCUT2D eigenvalue weighted by Gasteiger charge is -2.19. The van der Waals surface area contributed by atoms with Gasteiger partial charge in [-0.05, 0) is 30.7 Å². The molecule has 0 bridgehead atoms. The quantitative estimate of drug-likeness (QED) is 0.592. The number of nitrogens with one attached hydrogen (secondary N) is 1. The number of carbonyl (C=O) groups excluding carboxylic acids is 3. The van der Waals surface area contributed by atoms with Crippen LogP contribution in [-0.4, -0.2) is 48.9 Å². The van der Waals surface area contributed by atoms with E-state index in [-0.39, 0.29) is 18.9 Å². The highest BCUT2D eigenvalue weighted by molar-refractivity contribution is 6.08. The Morgan fingerprint density at radius 3 is 2.66 bits per heavy atom. The Bertz CT molecular complexity index is 1040. The maximum Gasteiger partial charge on any atom is 0.310 e. The summed E-state index contributed by atoms with van der Waals surface area (Å²) in [7, 11) is 0. The lowest BCUT2D eigenvalue weighted by Crippen LogP contribution is -2.42. The van der Waals surface area contributed by atoms with Crippen LogP contribution in [0.4, 0.5) is 0 Å². The molecule has 0 unspecified atom stereocenters. The van der Waals surface area contributed by atoms with E-state index in [1.165, 1.54) is 4.90 Å². The predicted octanol–water partition coefficient (Wildman–Crippen LogP) is 2.66. The molecule has 1 heterocycles. The van der Waals surface area contributed by atoms with Gasteiger partial charge in [-0.3, -0.25) is 14.4 Å². The van der Waals surface area contributed by atoms with Crippen molar-refractivity contribution in [3.05, 3.63) is 48.2 Å². The number of furan rings is 1. The molecule has 0 atom stereocenters. The van der Waals surface area contributed by atoms with Crippen LogP contribution < -0.4 is 5.32 Å². The van der Waals surface area contributed by atoms with Crippen molar-refractivity contribution in [2.24, 2.45) is 0 Å². The Morgan fingerprint density at radius 2 is 1.90 bits per heavy atom. The van der Waals surface area contributed by atoms with Crippen LogP contribution in [0.3, 0.4) is 0 Å². The molecule has 0 fully saturated rings. The van der Waals surface area contributed by atoms with Crippen molar-refractivity contribution in [1.82, 2.24) is 10.2 Å². The Labute approximate surface area is 168 Å². The molecule has 0 saturated heterocycles. The van der Waals surface area contributed by atoms with Crippen molar-refractivity contribution in [2.75, 3.05) is 26.2 Å². The number of hydrogen-bond acceptors (Lipinski definition) is 5. The molecule has 7 nitrogen and oxygen atoms in total. The number of hydrogen-bond donors (Lipinski definition) is 1. The summed E-state index contributed by atoms with van der Waals surface area (Å²) >= 11 is 0. The minimum atomic E-state index is -0.525. The van der Waals surface area contributed by atoms with Crippen LogP contribution in [0.15, 0.2) is 47.1 Å². The van der Waals surface area contributed by atoms with Crippen LogP contribution in [0.25, 0.3) is 21.7 Å². The fraction of sp³-hybridized carbons (Fsp3) is 0.318. The molecular weight excluding hydrogens is 372 g/mol. The number of amides is 2. The van der Waals surface area contributed by atoms with E-state index in [2.05, 4.69) is 5.32 Å². The van der Waals surface area contributed by atoms with Crippen LogP contribution in [0, 0.1) is 0 Å². The first-order valence-corrected chi connectivity index (χ1v) is 9.61. The van der Waals surface area contributed by atoms with Crippen molar-refractivity contribution in [3.8, 4) is 0 Å². The van der Waals surface area contributed by atoms with E-state index in [1.807, 2.05) is 36.4 Å². The van der Waals surface area contributed by atoms with Gasteiger partial charge in [0.2, 0.25) is 5.91 Å². The molecule has 0 saturated carbocycles. The zero-order chi connectivity index (χ0) is 20.8. The van der Waals surface area contributed by atoms with E-state index in [0.717, 1.165) is 16.2 Å². The van der Waals surface area contributed by atoms with E-state index in [1.54, 1.807) is 20.1 Å². The molecular formula is C22H24N2O5. The van der Waals surface area contributed by atoms with Crippen molar-refractivity contribution >= 4 is 39.5 Å². The second-order valence-electron chi connectivity index (χ2n) is 6.62. The molecule has 0 aliphatic heterocycles. The Hall–Kier alpha value is -3.35. The number of fused-ring (bicyclic) bond motifs is 3. The largest absolute Gasteiger partial charge is 0.464 e. The van der Waals surface area contributed by atoms with Gasteiger partial charge in [-0.1, -0.05) is 30.3 Å². The van der Waals surface area contributed by atoms with E-state index < -0.39 is 18.5 Å². The molecule has 0 aliphatic rings. The maximum atomic E-state index is 12.3. The average molecular weight is 396 g/mol. The third kappa shape index (κ3) is 4.74. The number of rotatable bonds is 8. The zero-order valence-electron chi connectivity index (χ0n) is 16.6. The van der Waals surface area contributed by atoms with Gasteiger partial charge in [0.05, 0.1) is 19.2 Å². The Balaban J connectivity index is 1.64. The molecule has 0 spiro atoms. The Kier molecular flexibility index (Phi) is 6.49. The second kappa shape index (κ2) is 9.23. The molecule has 3 rings (SSSR count). The molecule has 7 heteroatoms. The zero-order valence-corrected chi connectivity index (χ0v) is 16.6. The summed E-state index contributed by atoms with van der Waals surface area (Å²) in [5.41, 5.74) is 1.41. The maximum absolute atomic E-state index is 12.3. The molecule has 2 aromatic carbocycles. The fourth-order valence-corrected chi connectivity index (χ4v) is 3.25. The smallest absolute Gasteiger partial charge is 0.310 e. The number of ether oxygens (including phenoxy) is 1. The Morgan fingerprint density at radius 1 is 1.10 bits per heavy atom. The molecule has 2 amide bonds. The molecule has 0 radical (unpaired) electrons. The normalized spacial score (nSPS) is 10.8. The van der Waals surface area contributed by atoms with E-state index in [4.69, 9.17) is 9.15 Å². The predicted molar refractivity (Wildman–Crippen MR) is 109 cm³/mol. The topological polar surface area (TPSA) is 88.9 Å². The highest BCUT2D eigenvalue weighted by Gasteiger charge is 2.18. The SMILES string of the molecule is CCNC(=O)CN(CC)C(=O)COC(=O)Cc1coc2ccc3ccccc3c12. The summed E-state index contributed by atoms with van der Waals surface area (Å²) < 4.78 is 10.7. The number of benzene rings is 2. The van der Waals surface area contributed by atoms with Crippen molar-refractivity contribution in [3.63, 3.8) is 0 Å². The lowest BCUT2D eigenvalue weighted by atomic mass is 10.0. The first-order valence-electron chi connectivity index (χ1n) is 9.61. The first-order chi connectivity index (χ1) is 14.0. The van der Waals surface area contributed by atoms with Crippen LogP contribution in [0.5, 0.6) is 0 Å². The van der Waals surface area contributed by atoms with E-state index in [9.17, 15) is 14.4 Å². The van der Waals surface area contributed by atoms with Gasteiger partial charge in [-0.2, -0.15) is 0 Å². The molecule has 1 N–H and O–H groups in total. The summed E-state index contributed by atoms with van der Waals surface area (Å²) in [5.74, 6) is -1.18. The molecule has 1 aromatic heterocycles. The first kappa shape index (κ1) is 20.4. The van der Waals surface area contributed by atoms with Crippen molar-refractivity contribution in [1.29, 1.82) is 0 Å². The molecule has 3 aromatic rings. The molecule has 29 heavy (non-hydrogen) atoms. The standard InChI is InChI=1S/C22H24N2O5/c1-3-23-19(25)12-24(4-2)20(26)14-29-21(27)11-16-13-28-18-10-9-15-7-5-6-8-17(15)22(16)18/h5-10,13H,3-4,11-12,14H2,1-2H3,(H,23,25). The summed E-state index contributed by atoms with van der Waals surface area (Å²) in [4.78, 5) is 37.6. The van der Waals surface area contributed by atoms with Gasteiger partial charge in [0.1, 0.15) is 5.58 Å². The third-order valence-corrected chi connectivity index (χ3v) is 4.67. The number of nitrogens with zero attached hydrogens (tertiary/aromatic N) is 1. The van der Waals surface area contributed by atoms with E-state index in [0.29, 0.717) is 24.2 Å². The summed E-state index contributed by atoms with van der Waals surface area (Å²) in [5, 5.41) is 5.56. The van der Waals surface area contributed by atoms with Crippen molar-refractivity contribution < 1.29 is 23.5 Å². The molecule has 152 valence electrons. The van der Waals surface area contributed by atoms with Gasteiger partial charge in [0.15, 0.2) is 6.61 Å². The third-order valence-electron chi connectivity index (χ3n) is 4.67. The summed E-state index contributed by atoms with van der Waals surface area (Å²) in [6.45, 7) is 3.96. The van der Waals surface area contributed by atoms with Gasteiger partial charge in [-0.15, -0.1) is 0 Å². The highest BCUT2D eigenvalue weighted by Crippen LogP contribution is 2.30. The van der Waals surface area contributed by atoms with Crippen LogP contribution in [-0.2, 0) is 25.5 Å². The summed E-state index contributed by atoms with van der Waals surface area (Å²) in [6.07, 6.45) is 1.55. The lowest BCUT2D eigenvalue weighted by molar-refractivity contribution is -0.152. The minimum Gasteiger partial charge on any atom is -0.464 e. The fourth-order valence-electron chi connectivity index (χ4n) is 3.25. The monoisotopic (exact) mass is 396 g/mol. The summed E-state index contributed by atoms with van der Waals surface area (Å²) in [6, 6.07) is 11.7. The van der Waals surface area contributed by atoms with Gasteiger partial charge in [0.25, 0.3) is 5.91 Å². The van der Waals surface area contributed by atoms with Gasteiger partial charge in [0, 0.05) is 24.0 Å². The average Bonchev–Trinajstić information content (AvgIpc) is 3.13. The second-order valence-corrected chi connectivity index (χ2v) is 6.62. The number of carbonyl (C=O) groups is 3. The van der Waals surface area contributed by atoms with E-state index >= 15 is 0 Å². The number of likely N-dealkylation sites (N-methyl/N-ethyl adjacent to an activating group) is 2. The van der Waals surface area contributed by atoms with Crippen LogP contribution >= 0.6 is 0 Å². The number of esters is 1. The van der Waals surface area contributed by atoms with Gasteiger partial charge >= 0.3 is 5.97 Å². The minimum absolute atomic E-state index is 0.00324. The van der Waals surface area contributed by atoms with Gasteiger partial charge < -0.3 is 19.4 Å².